The summed E-state index contributed by atoms with van der Waals surface area (Å²) >= 11 is 0. The van der Waals surface area contributed by atoms with E-state index in [2.05, 4.69) is 35.0 Å². The standard InChI is InChI=1S/C17H26N2O/c1-2-18-12-15-11-17(15,13-18)14-3-5-16(6-4-14)19-7-9-20-10-8-19/h3-5,15-16H,2,6-13H2,1H3/t15-,16?,17+/m1/s1. The van der Waals surface area contributed by atoms with Gasteiger partial charge in [-0.25, -0.2) is 0 Å². The number of hydrogen-bond donors (Lipinski definition) is 0. The molecule has 2 heterocycles. The van der Waals surface area contributed by atoms with Crippen molar-refractivity contribution in [3.63, 3.8) is 0 Å². The number of morpholine rings is 1. The molecule has 0 spiro atoms. The van der Waals surface area contributed by atoms with Crippen molar-refractivity contribution in [3.05, 3.63) is 23.8 Å². The minimum absolute atomic E-state index is 0.544. The number of allylic oxidation sites excluding steroid dienone is 1. The lowest BCUT2D eigenvalue weighted by Gasteiger charge is -2.34. The minimum atomic E-state index is 0.544. The van der Waals surface area contributed by atoms with Crippen molar-refractivity contribution < 1.29 is 4.74 Å². The second-order valence-electron chi connectivity index (χ2n) is 6.85. The molecule has 20 heavy (non-hydrogen) atoms. The first kappa shape index (κ1) is 13.1. The molecule has 0 radical (unpaired) electrons. The third kappa shape index (κ3) is 2.07. The van der Waals surface area contributed by atoms with Crippen molar-refractivity contribution >= 4 is 0 Å². The second kappa shape index (κ2) is 4.97. The van der Waals surface area contributed by atoms with E-state index in [0.717, 1.165) is 32.2 Å². The Morgan fingerprint density at radius 1 is 1.35 bits per heavy atom. The molecule has 2 saturated heterocycles. The first-order valence-corrected chi connectivity index (χ1v) is 8.25. The molecular formula is C17H26N2O. The Labute approximate surface area is 122 Å². The van der Waals surface area contributed by atoms with Gasteiger partial charge in [0.25, 0.3) is 0 Å². The van der Waals surface area contributed by atoms with Crippen LogP contribution >= 0.6 is 0 Å². The molecule has 0 bridgehead atoms. The zero-order chi connectivity index (χ0) is 13.6. The topological polar surface area (TPSA) is 15.7 Å². The molecule has 1 unspecified atom stereocenters. The molecular weight excluding hydrogens is 248 g/mol. The average molecular weight is 274 g/mol. The van der Waals surface area contributed by atoms with Crippen LogP contribution < -0.4 is 0 Å². The van der Waals surface area contributed by atoms with Gasteiger partial charge in [0.2, 0.25) is 0 Å². The molecule has 3 nitrogen and oxygen atoms in total. The smallest absolute Gasteiger partial charge is 0.0594 e. The minimum Gasteiger partial charge on any atom is -0.379 e. The van der Waals surface area contributed by atoms with E-state index >= 15 is 0 Å². The summed E-state index contributed by atoms with van der Waals surface area (Å²) < 4.78 is 5.45. The van der Waals surface area contributed by atoms with Crippen LogP contribution in [0, 0.1) is 11.3 Å². The van der Waals surface area contributed by atoms with Gasteiger partial charge in [0, 0.05) is 37.6 Å². The van der Waals surface area contributed by atoms with Gasteiger partial charge in [0.1, 0.15) is 0 Å². The predicted molar refractivity (Wildman–Crippen MR) is 80.7 cm³/mol. The summed E-state index contributed by atoms with van der Waals surface area (Å²) in [5.74, 6) is 0.943. The van der Waals surface area contributed by atoms with E-state index in [4.69, 9.17) is 4.74 Å². The van der Waals surface area contributed by atoms with Crippen LogP contribution in [0.5, 0.6) is 0 Å². The Morgan fingerprint density at radius 3 is 2.85 bits per heavy atom. The van der Waals surface area contributed by atoms with Crippen LogP contribution in [-0.2, 0) is 4.74 Å². The quantitative estimate of drug-likeness (QED) is 0.782. The van der Waals surface area contributed by atoms with Crippen molar-refractivity contribution in [2.75, 3.05) is 45.9 Å². The Balaban J connectivity index is 1.41. The Morgan fingerprint density at radius 2 is 2.20 bits per heavy atom. The monoisotopic (exact) mass is 274 g/mol. The van der Waals surface area contributed by atoms with Crippen molar-refractivity contribution in [2.45, 2.75) is 25.8 Å². The molecule has 0 N–H and O–H groups in total. The van der Waals surface area contributed by atoms with E-state index in [1.807, 2.05) is 0 Å². The molecule has 0 amide bonds. The van der Waals surface area contributed by atoms with E-state index in [1.165, 1.54) is 32.5 Å². The highest BCUT2D eigenvalue weighted by Gasteiger charge is 2.60. The fourth-order valence-corrected chi connectivity index (χ4v) is 4.43. The number of piperidine rings is 1. The molecule has 1 saturated carbocycles. The van der Waals surface area contributed by atoms with Gasteiger partial charge in [-0.15, -0.1) is 0 Å². The lowest BCUT2D eigenvalue weighted by Crippen LogP contribution is -2.43. The Hall–Kier alpha value is -0.640. The normalized spacial score (nSPS) is 41.5. The highest BCUT2D eigenvalue weighted by Crippen LogP contribution is 2.62. The van der Waals surface area contributed by atoms with E-state index in [0.29, 0.717) is 11.5 Å². The summed E-state index contributed by atoms with van der Waals surface area (Å²) in [6, 6.07) is 0.611. The molecule has 2 aliphatic carbocycles. The molecule has 2 aliphatic heterocycles. The first-order chi connectivity index (χ1) is 9.82. The van der Waals surface area contributed by atoms with E-state index < -0.39 is 0 Å². The number of ether oxygens (including phenoxy) is 1. The van der Waals surface area contributed by atoms with Crippen molar-refractivity contribution in [1.82, 2.24) is 9.80 Å². The summed E-state index contributed by atoms with van der Waals surface area (Å²) in [5.41, 5.74) is 2.19. The van der Waals surface area contributed by atoms with Gasteiger partial charge in [-0.05, 0) is 30.9 Å². The number of nitrogens with zero attached hydrogens (tertiary/aromatic N) is 2. The van der Waals surface area contributed by atoms with Crippen LogP contribution in [0.1, 0.15) is 19.8 Å². The largest absolute Gasteiger partial charge is 0.379 e. The lowest BCUT2D eigenvalue weighted by molar-refractivity contribution is 0.0258. The molecule has 0 aromatic rings. The molecule has 0 aromatic heterocycles. The summed E-state index contributed by atoms with van der Waals surface area (Å²) in [6.07, 6.45) is 10.1. The summed E-state index contributed by atoms with van der Waals surface area (Å²) in [5, 5.41) is 0. The van der Waals surface area contributed by atoms with Crippen LogP contribution in [-0.4, -0.2) is 61.8 Å². The first-order valence-electron chi connectivity index (χ1n) is 8.25. The third-order valence-corrected chi connectivity index (χ3v) is 5.83. The maximum atomic E-state index is 5.45. The molecule has 3 fully saturated rings. The molecule has 110 valence electrons. The second-order valence-corrected chi connectivity index (χ2v) is 6.85. The number of likely N-dealkylation sites (tertiary alicyclic amines) is 1. The highest BCUT2D eigenvalue weighted by molar-refractivity contribution is 5.40. The zero-order valence-electron chi connectivity index (χ0n) is 12.6. The fraction of sp³-hybridized carbons (Fsp3) is 0.765. The zero-order valence-corrected chi connectivity index (χ0v) is 12.6. The van der Waals surface area contributed by atoms with Gasteiger partial charge in [0.15, 0.2) is 0 Å². The van der Waals surface area contributed by atoms with Crippen LogP contribution in [0.15, 0.2) is 23.8 Å². The molecule has 3 atom stereocenters. The van der Waals surface area contributed by atoms with Gasteiger partial charge >= 0.3 is 0 Å². The van der Waals surface area contributed by atoms with E-state index in [9.17, 15) is 0 Å². The molecule has 3 heteroatoms. The van der Waals surface area contributed by atoms with E-state index in [-0.39, 0.29) is 0 Å². The van der Waals surface area contributed by atoms with Crippen LogP contribution in [0.2, 0.25) is 0 Å². The maximum absolute atomic E-state index is 5.45. The van der Waals surface area contributed by atoms with Crippen LogP contribution in [0.4, 0.5) is 0 Å². The van der Waals surface area contributed by atoms with Gasteiger partial charge in [-0.1, -0.05) is 25.2 Å². The van der Waals surface area contributed by atoms with Gasteiger partial charge in [-0.3, -0.25) is 4.90 Å². The highest BCUT2D eigenvalue weighted by atomic mass is 16.5. The third-order valence-electron chi connectivity index (χ3n) is 5.83. The average Bonchev–Trinajstić information content (AvgIpc) is 3.10. The summed E-state index contributed by atoms with van der Waals surface area (Å²) in [6.45, 7) is 10.1. The van der Waals surface area contributed by atoms with Gasteiger partial charge in [0.05, 0.1) is 13.2 Å². The summed E-state index contributed by atoms with van der Waals surface area (Å²) in [4.78, 5) is 5.19. The Kier molecular flexibility index (Phi) is 3.24. The molecule has 4 aliphatic rings. The molecule has 4 rings (SSSR count). The van der Waals surface area contributed by atoms with Gasteiger partial charge < -0.3 is 9.64 Å². The van der Waals surface area contributed by atoms with E-state index in [1.54, 1.807) is 5.57 Å². The van der Waals surface area contributed by atoms with Crippen molar-refractivity contribution in [3.8, 4) is 0 Å². The lowest BCUT2D eigenvalue weighted by atomic mass is 9.88. The van der Waals surface area contributed by atoms with Crippen molar-refractivity contribution in [2.24, 2.45) is 11.3 Å². The molecule has 0 aromatic carbocycles. The predicted octanol–water partition coefficient (Wildman–Crippen LogP) is 1.92. The number of hydrogen-bond acceptors (Lipinski definition) is 3. The van der Waals surface area contributed by atoms with Crippen LogP contribution in [0.3, 0.4) is 0 Å². The van der Waals surface area contributed by atoms with Crippen molar-refractivity contribution in [1.29, 1.82) is 0 Å². The number of rotatable bonds is 3. The fourth-order valence-electron chi connectivity index (χ4n) is 4.43. The van der Waals surface area contributed by atoms with Crippen LogP contribution in [0.25, 0.3) is 0 Å². The summed E-state index contributed by atoms with van der Waals surface area (Å²) in [7, 11) is 0. The maximum Gasteiger partial charge on any atom is 0.0594 e. The van der Waals surface area contributed by atoms with Gasteiger partial charge in [-0.2, -0.15) is 0 Å². The Bertz CT molecular complexity index is 438. The SMILES string of the molecule is CCN1C[C@H]2C[C@@]2(C2=CCC(N3CCOCC3)C=C2)C1. The number of fused-ring (bicyclic) bond motifs is 1.